The monoisotopic (exact) mass is 379 g/mol. The maximum Gasteiger partial charge on any atom is 0.210 e. The van der Waals surface area contributed by atoms with Gasteiger partial charge in [0.15, 0.2) is 0 Å². The van der Waals surface area contributed by atoms with Gasteiger partial charge in [0.2, 0.25) is 4.74 Å². The predicted molar refractivity (Wildman–Crippen MR) is 96.6 cm³/mol. The third-order valence-electron chi connectivity index (χ3n) is 6.32. The molecule has 2 heterocycles. The number of halogens is 1. The van der Waals surface area contributed by atoms with E-state index in [2.05, 4.69) is 38.4 Å². The van der Waals surface area contributed by atoms with Gasteiger partial charge in [-0.1, -0.05) is 13.0 Å². The molecule has 1 saturated carbocycles. The van der Waals surface area contributed by atoms with Crippen LogP contribution in [-0.4, -0.2) is 41.4 Å². The summed E-state index contributed by atoms with van der Waals surface area (Å²) in [5.41, 5.74) is 7.67. The second kappa shape index (κ2) is 5.52. The zero-order chi connectivity index (χ0) is 16.2. The summed E-state index contributed by atoms with van der Waals surface area (Å²) < 4.78 is 0.776. The topological polar surface area (TPSA) is 42.9 Å². The first kappa shape index (κ1) is 15.5. The first-order chi connectivity index (χ1) is 11.0. The fourth-order valence-electron chi connectivity index (χ4n) is 5.29. The molecule has 1 saturated heterocycles. The maximum absolute atomic E-state index is 4.60. The number of fused-ring (bicyclic) bond motifs is 3. The molecule has 2 aliphatic heterocycles. The highest BCUT2D eigenvalue weighted by atomic mass is 79.9. The third kappa shape index (κ3) is 2.25. The van der Waals surface area contributed by atoms with Gasteiger partial charge in [-0.3, -0.25) is 10.0 Å². The van der Waals surface area contributed by atoms with Gasteiger partial charge in [0, 0.05) is 36.8 Å². The Labute approximate surface area is 146 Å². The molecule has 0 radical (unpaired) electrons. The summed E-state index contributed by atoms with van der Waals surface area (Å²) in [5, 5.41) is 12.3. The minimum atomic E-state index is 0.278. The van der Waals surface area contributed by atoms with Crippen LogP contribution in [-0.2, 0) is 0 Å². The quantitative estimate of drug-likeness (QED) is 0.635. The van der Waals surface area contributed by atoms with E-state index in [0.29, 0.717) is 6.04 Å². The average Bonchev–Trinajstić information content (AvgIpc) is 3.12. The smallest absolute Gasteiger partial charge is 0.210 e. The molecule has 6 heteroatoms. The van der Waals surface area contributed by atoms with Crippen LogP contribution in [0.1, 0.15) is 38.5 Å². The third-order valence-corrected chi connectivity index (χ3v) is 7.01. The molecule has 0 aromatic heterocycles. The Bertz CT molecular complexity index is 598. The number of hydrazone groups is 1. The van der Waals surface area contributed by atoms with E-state index < -0.39 is 0 Å². The second-order valence-electron chi connectivity index (χ2n) is 7.37. The van der Waals surface area contributed by atoms with E-state index in [-0.39, 0.29) is 5.41 Å². The molecular formula is C17H26BrN5. The standard InChI is InChI=1S/C17H26BrN5/c1-11-15-14(20-23(3)16(18)21-22(11)2)7-8-17(15)9-10-19-13-6-4-5-12(13)17/h12-13,19-20H,1,4-10H2,2-3H3/b21-16-/t12?,13?,17-/m1/s1. The van der Waals surface area contributed by atoms with Crippen LogP contribution in [0.15, 0.2) is 28.6 Å². The van der Waals surface area contributed by atoms with E-state index in [9.17, 15) is 0 Å². The molecular weight excluding hydrogens is 354 g/mol. The Morgan fingerprint density at radius 2 is 2.13 bits per heavy atom. The Hall–Kier alpha value is -1.01. The minimum Gasteiger partial charge on any atom is -0.314 e. The number of hydrogen-bond donors (Lipinski definition) is 2. The van der Waals surface area contributed by atoms with Crippen LogP contribution in [0.3, 0.4) is 0 Å². The molecule has 2 aliphatic carbocycles. The molecule has 2 fully saturated rings. The molecule has 1 spiro atoms. The molecule has 126 valence electrons. The van der Waals surface area contributed by atoms with Crippen molar-refractivity contribution >= 4 is 20.7 Å². The molecule has 0 bridgehead atoms. The fourth-order valence-corrected chi connectivity index (χ4v) is 5.61. The highest BCUT2D eigenvalue weighted by Crippen LogP contribution is 2.58. The van der Waals surface area contributed by atoms with E-state index in [1.54, 1.807) is 0 Å². The van der Waals surface area contributed by atoms with Gasteiger partial charge in [-0.25, -0.2) is 0 Å². The van der Waals surface area contributed by atoms with Crippen molar-refractivity contribution in [2.45, 2.75) is 44.6 Å². The number of piperidine rings is 1. The molecule has 4 rings (SSSR count). The summed E-state index contributed by atoms with van der Waals surface area (Å²) >= 11 is 3.53. The van der Waals surface area contributed by atoms with Gasteiger partial charge in [0.05, 0.1) is 5.70 Å². The molecule has 3 atom stereocenters. The zero-order valence-corrected chi connectivity index (χ0v) is 15.6. The Morgan fingerprint density at radius 3 is 2.96 bits per heavy atom. The van der Waals surface area contributed by atoms with Crippen molar-refractivity contribution in [2.75, 3.05) is 20.6 Å². The Balaban J connectivity index is 1.78. The van der Waals surface area contributed by atoms with Crippen LogP contribution in [0.2, 0.25) is 0 Å². The molecule has 2 unspecified atom stereocenters. The number of amidine groups is 1. The lowest BCUT2D eigenvalue weighted by Gasteiger charge is -2.47. The van der Waals surface area contributed by atoms with Crippen LogP contribution in [0, 0.1) is 11.3 Å². The van der Waals surface area contributed by atoms with Crippen molar-refractivity contribution in [2.24, 2.45) is 16.4 Å². The van der Waals surface area contributed by atoms with Crippen LogP contribution in [0.4, 0.5) is 0 Å². The first-order valence-corrected chi connectivity index (χ1v) is 9.47. The highest BCUT2D eigenvalue weighted by molar-refractivity contribution is 9.18. The number of likely N-dealkylation sites (N-methyl/N-ethyl adjacent to an activating group) is 1. The second-order valence-corrected chi connectivity index (χ2v) is 8.08. The number of rotatable bonds is 0. The summed E-state index contributed by atoms with van der Waals surface area (Å²) in [7, 11) is 4.01. The van der Waals surface area contributed by atoms with Crippen molar-refractivity contribution in [3.63, 3.8) is 0 Å². The van der Waals surface area contributed by atoms with Crippen molar-refractivity contribution in [3.8, 4) is 0 Å². The largest absolute Gasteiger partial charge is 0.314 e. The Morgan fingerprint density at radius 1 is 1.30 bits per heavy atom. The molecule has 0 aromatic carbocycles. The van der Waals surface area contributed by atoms with Gasteiger partial charge < -0.3 is 10.7 Å². The first-order valence-electron chi connectivity index (χ1n) is 8.67. The molecule has 4 aliphatic rings. The molecule has 0 amide bonds. The minimum absolute atomic E-state index is 0.278. The highest BCUT2D eigenvalue weighted by Gasteiger charge is 2.53. The molecule has 0 aromatic rings. The van der Waals surface area contributed by atoms with Gasteiger partial charge in [-0.15, -0.1) is 5.10 Å². The normalized spacial score (nSPS) is 39.6. The number of hydrogen-bond acceptors (Lipinski definition) is 5. The molecule has 23 heavy (non-hydrogen) atoms. The number of nitrogens with one attached hydrogen (secondary N) is 2. The SMILES string of the molecule is C=C1C2=C(CC[C@]23CCNC2CCCC23)NN(C)/C(Br)=N\N1C. The Kier molecular flexibility index (Phi) is 3.72. The lowest BCUT2D eigenvalue weighted by molar-refractivity contribution is 0.122. The summed E-state index contributed by atoms with van der Waals surface area (Å²) in [4.78, 5) is 0. The maximum atomic E-state index is 4.60. The summed E-state index contributed by atoms with van der Waals surface area (Å²) in [6.07, 6.45) is 7.59. The van der Waals surface area contributed by atoms with Crippen LogP contribution in [0.5, 0.6) is 0 Å². The van der Waals surface area contributed by atoms with Crippen LogP contribution in [0.25, 0.3) is 0 Å². The summed E-state index contributed by atoms with van der Waals surface area (Å²) in [6.45, 7) is 5.55. The average molecular weight is 380 g/mol. The van der Waals surface area contributed by atoms with Crippen molar-refractivity contribution in [1.82, 2.24) is 20.8 Å². The van der Waals surface area contributed by atoms with E-state index in [1.807, 2.05) is 24.1 Å². The zero-order valence-electron chi connectivity index (χ0n) is 14.0. The lowest BCUT2D eigenvalue weighted by Crippen LogP contribution is -2.50. The van der Waals surface area contributed by atoms with Crippen molar-refractivity contribution in [1.29, 1.82) is 0 Å². The van der Waals surface area contributed by atoms with E-state index in [1.165, 1.54) is 43.4 Å². The van der Waals surface area contributed by atoms with E-state index in [4.69, 9.17) is 0 Å². The number of nitrogens with zero attached hydrogens (tertiary/aromatic N) is 3. The van der Waals surface area contributed by atoms with Crippen molar-refractivity contribution in [3.05, 3.63) is 23.5 Å². The van der Waals surface area contributed by atoms with Gasteiger partial charge in [0.1, 0.15) is 0 Å². The van der Waals surface area contributed by atoms with Gasteiger partial charge in [-0.05, 0) is 60.5 Å². The number of hydrazine groups is 1. The summed E-state index contributed by atoms with van der Waals surface area (Å²) in [6, 6.07) is 0.687. The number of allylic oxidation sites excluding steroid dienone is 2. The summed E-state index contributed by atoms with van der Waals surface area (Å²) in [5.74, 6) is 0.743. The molecule has 2 N–H and O–H groups in total. The van der Waals surface area contributed by atoms with Gasteiger partial charge in [-0.2, -0.15) is 0 Å². The van der Waals surface area contributed by atoms with E-state index in [0.717, 1.165) is 29.3 Å². The molecule has 5 nitrogen and oxygen atoms in total. The lowest BCUT2D eigenvalue weighted by atomic mass is 9.63. The van der Waals surface area contributed by atoms with Gasteiger partial charge >= 0.3 is 0 Å². The predicted octanol–water partition coefficient (Wildman–Crippen LogP) is 2.74. The van der Waals surface area contributed by atoms with E-state index >= 15 is 0 Å². The van der Waals surface area contributed by atoms with Crippen LogP contribution < -0.4 is 10.7 Å². The van der Waals surface area contributed by atoms with Crippen LogP contribution >= 0.6 is 15.9 Å². The van der Waals surface area contributed by atoms with Gasteiger partial charge in [0.25, 0.3) is 0 Å². The van der Waals surface area contributed by atoms with Crippen molar-refractivity contribution < 1.29 is 0 Å². The fraction of sp³-hybridized carbons (Fsp3) is 0.706.